The van der Waals surface area contributed by atoms with Crippen LogP contribution in [0.2, 0.25) is 5.02 Å². The average molecular weight is 308 g/mol. The van der Waals surface area contributed by atoms with Gasteiger partial charge in [0.15, 0.2) is 15.6 Å². The van der Waals surface area contributed by atoms with Crippen molar-refractivity contribution >= 4 is 27.1 Å². The molecule has 19 heavy (non-hydrogen) atoms. The molecule has 0 aromatic heterocycles. The maximum atomic E-state index is 12.5. The number of anilines is 1. The van der Waals surface area contributed by atoms with Gasteiger partial charge in [0.1, 0.15) is 10.1 Å². The average Bonchev–Trinajstić information content (AvgIpc) is 2.83. The smallest absolute Gasteiger partial charge is 0.191 e. The second-order valence-corrected chi connectivity index (χ2v) is 6.72. The van der Waals surface area contributed by atoms with Gasteiger partial charge in [-0.05, 0) is 12.1 Å². The van der Waals surface area contributed by atoms with E-state index in [9.17, 15) is 13.5 Å². The van der Waals surface area contributed by atoms with Gasteiger partial charge in [0.25, 0.3) is 0 Å². The molecule has 1 heterocycles. The lowest BCUT2D eigenvalue weighted by Crippen LogP contribution is -2.34. The Bertz CT molecular complexity index is 589. The van der Waals surface area contributed by atoms with Crippen LogP contribution >= 0.6 is 11.6 Å². The number of ether oxygens (including phenoxy) is 2. The second kappa shape index (κ2) is 5.16. The lowest BCUT2D eigenvalue weighted by molar-refractivity contribution is 0.0829. The van der Waals surface area contributed by atoms with Crippen LogP contribution in [0.25, 0.3) is 0 Å². The van der Waals surface area contributed by atoms with Crippen LogP contribution in [0.1, 0.15) is 0 Å². The van der Waals surface area contributed by atoms with Gasteiger partial charge in [0.05, 0.1) is 30.0 Å². The molecule has 0 amide bonds. The number of halogens is 1. The summed E-state index contributed by atoms with van der Waals surface area (Å²) in [5.74, 6) is -0.533. The number of benzene rings is 1. The van der Waals surface area contributed by atoms with Crippen LogP contribution in [0.5, 0.6) is 5.75 Å². The molecule has 1 aliphatic rings. The van der Waals surface area contributed by atoms with Crippen molar-refractivity contribution in [3.05, 3.63) is 17.2 Å². The highest BCUT2D eigenvalue weighted by atomic mass is 35.5. The summed E-state index contributed by atoms with van der Waals surface area (Å²) in [4.78, 5) is -0.369. The summed E-state index contributed by atoms with van der Waals surface area (Å²) in [7, 11) is -2.49. The Labute approximate surface area is 116 Å². The molecule has 6 nitrogen and oxygen atoms in total. The summed E-state index contributed by atoms with van der Waals surface area (Å²) >= 11 is 5.88. The van der Waals surface area contributed by atoms with Crippen LogP contribution in [-0.2, 0) is 19.3 Å². The first-order valence-corrected chi connectivity index (χ1v) is 7.43. The van der Waals surface area contributed by atoms with Gasteiger partial charge in [-0.25, -0.2) is 8.42 Å². The number of rotatable bonds is 3. The van der Waals surface area contributed by atoms with Crippen molar-refractivity contribution in [3.8, 4) is 5.75 Å². The Kier molecular flexibility index (Phi) is 3.91. The molecule has 106 valence electrons. The van der Waals surface area contributed by atoms with E-state index >= 15 is 0 Å². The third-order valence-electron chi connectivity index (χ3n) is 3.08. The number of aromatic hydroxyl groups is 1. The molecule has 3 N–H and O–H groups in total. The van der Waals surface area contributed by atoms with Gasteiger partial charge in [-0.2, -0.15) is 0 Å². The lowest BCUT2D eigenvalue weighted by atomic mass is 10.3. The minimum atomic E-state index is -3.90. The Hall–Kier alpha value is -1.02. The number of sulfone groups is 1. The molecule has 1 aromatic carbocycles. The highest BCUT2D eigenvalue weighted by Gasteiger charge is 2.42. The van der Waals surface area contributed by atoms with Crippen molar-refractivity contribution in [2.75, 3.05) is 26.1 Å². The summed E-state index contributed by atoms with van der Waals surface area (Å²) in [6.45, 7) is 0.173. The first-order chi connectivity index (χ1) is 8.89. The normalized spacial score (nSPS) is 23.7. The highest BCUT2D eigenvalue weighted by Crippen LogP contribution is 2.38. The van der Waals surface area contributed by atoms with Crippen LogP contribution < -0.4 is 5.73 Å². The molecule has 0 radical (unpaired) electrons. The zero-order chi connectivity index (χ0) is 14.2. The van der Waals surface area contributed by atoms with Gasteiger partial charge >= 0.3 is 0 Å². The number of nitrogen functional groups attached to an aromatic ring is 1. The quantitative estimate of drug-likeness (QED) is 0.633. The Morgan fingerprint density at radius 3 is 2.79 bits per heavy atom. The molecule has 1 aromatic rings. The molecule has 0 unspecified atom stereocenters. The van der Waals surface area contributed by atoms with Gasteiger partial charge in [0, 0.05) is 7.11 Å². The summed E-state index contributed by atoms with van der Waals surface area (Å²) < 4.78 is 35.3. The number of hydrogen-bond acceptors (Lipinski definition) is 6. The minimum Gasteiger partial charge on any atom is -0.504 e. The van der Waals surface area contributed by atoms with E-state index in [1.165, 1.54) is 19.2 Å². The molecule has 0 aliphatic carbocycles. The largest absolute Gasteiger partial charge is 0.504 e. The van der Waals surface area contributed by atoms with E-state index in [2.05, 4.69) is 0 Å². The summed E-state index contributed by atoms with van der Waals surface area (Å²) in [5.41, 5.74) is 5.47. The van der Waals surface area contributed by atoms with Gasteiger partial charge in [-0.15, -0.1) is 0 Å². The molecule has 1 aliphatic heterocycles. The van der Waals surface area contributed by atoms with Gasteiger partial charge in [0.2, 0.25) is 0 Å². The zero-order valence-electron chi connectivity index (χ0n) is 10.2. The van der Waals surface area contributed by atoms with Gasteiger partial charge in [-0.1, -0.05) is 11.6 Å². The van der Waals surface area contributed by atoms with Crippen molar-refractivity contribution in [3.63, 3.8) is 0 Å². The standard InChI is InChI=1S/C11H14ClNO5S/c1-17-8-4-18-5-9(8)19(15,16)11-6(12)2-3-7(13)10(11)14/h2-3,8-9,14H,4-5,13H2,1H3/t8-,9+/m0/s1. The molecule has 2 atom stereocenters. The first-order valence-electron chi connectivity index (χ1n) is 5.51. The maximum Gasteiger partial charge on any atom is 0.191 e. The van der Waals surface area contributed by atoms with E-state index in [-0.39, 0.29) is 28.8 Å². The second-order valence-electron chi connectivity index (χ2n) is 4.21. The molecule has 0 saturated carbocycles. The van der Waals surface area contributed by atoms with Gasteiger partial charge < -0.3 is 20.3 Å². The predicted octanol–water partition coefficient (Wildman–Crippen LogP) is 0.815. The van der Waals surface area contributed by atoms with E-state index in [0.717, 1.165) is 0 Å². The van der Waals surface area contributed by atoms with E-state index in [1.54, 1.807) is 0 Å². The Morgan fingerprint density at radius 1 is 1.47 bits per heavy atom. The van der Waals surface area contributed by atoms with Crippen molar-refractivity contribution in [1.82, 2.24) is 0 Å². The van der Waals surface area contributed by atoms with Crippen molar-refractivity contribution in [1.29, 1.82) is 0 Å². The molecule has 0 bridgehead atoms. The number of methoxy groups -OCH3 is 1. The van der Waals surface area contributed by atoms with Crippen LogP contribution in [0.15, 0.2) is 17.0 Å². The SMILES string of the molecule is CO[C@H]1COC[C@H]1S(=O)(=O)c1c(Cl)ccc(N)c1O. The Balaban J connectivity index is 2.54. The first kappa shape index (κ1) is 14.4. The topological polar surface area (TPSA) is 98.9 Å². The maximum absolute atomic E-state index is 12.5. The molecule has 0 spiro atoms. The number of nitrogens with two attached hydrogens (primary N) is 1. The van der Waals surface area contributed by atoms with Gasteiger partial charge in [-0.3, -0.25) is 0 Å². The number of phenolic OH excluding ortho intramolecular Hbond substituents is 1. The molecular formula is C11H14ClNO5S. The van der Waals surface area contributed by atoms with Crippen molar-refractivity contribution in [2.24, 2.45) is 0 Å². The van der Waals surface area contributed by atoms with E-state index in [1.807, 2.05) is 0 Å². The summed E-state index contributed by atoms with van der Waals surface area (Å²) in [6, 6.07) is 2.68. The molecule has 2 rings (SSSR count). The lowest BCUT2D eigenvalue weighted by Gasteiger charge is -2.18. The summed E-state index contributed by atoms with van der Waals surface area (Å²) in [5, 5.41) is 8.87. The third kappa shape index (κ3) is 2.38. The zero-order valence-corrected chi connectivity index (χ0v) is 11.7. The molecule has 8 heteroatoms. The van der Waals surface area contributed by atoms with Crippen LogP contribution in [0.4, 0.5) is 5.69 Å². The third-order valence-corrected chi connectivity index (χ3v) is 5.73. The van der Waals surface area contributed by atoms with Crippen LogP contribution in [0, 0.1) is 0 Å². The van der Waals surface area contributed by atoms with E-state index < -0.39 is 26.9 Å². The monoisotopic (exact) mass is 307 g/mol. The fourth-order valence-corrected chi connectivity index (χ4v) is 4.38. The van der Waals surface area contributed by atoms with Crippen LogP contribution in [0.3, 0.4) is 0 Å². The highest BCUT2D eigenvalue weighted by molar-refractivity contribution is 7.92. The number of hydrogen-bond donors (Lipinski definition) is 2. The fourth-order valence-electron chi connectivity index (χ4n) is 2.01. The molecule has 1 fully saturated rings. The van der Waals surface area contributed by atoms with Crippen molar-refractivity contribution in [2.45, 2.75) is 16.2 Å². The molecular weight excluding hydrogens is 294 g/mol. The summed E-state index contributed by atoms with van der Waals surface area (Å²) in [6.07, 6.45) is -0.595. The van der Waals surface area contributed by atoms with E-state index in [0.29, 0.717) is 0 Å². The van der Waals surface area contributed by atoms with Crippen LogP contribution in [-0.4, -0.2) is 45.2 Å². The Morgan fingerprint density at radius 2 is 2.16 bits per heavy atom. The number of phenols is 1. The predicted molar refractivity (Wildman–Crippen MR) is 70.1 cm³/mol. The van der Waals surface area contributed by atoms with E-state index in [4.69, 9.17) is 26.8 Å². The fraction of sp³-hybridized carbons (Fsp3) is 0.455. The minimum absolute atomic E-state index is 0.00852. The van der Waals surface area contributed by atoms with Crippen molar-refractivity contribution < 1.29 is 23.0 Å². The molecule has 1 saturated heterocycles.